The van der Waals surface area contributed by atoms with E-state index in [1.54, 1.807) is 12.3 Å². The van der Waals surface area contributed by atoms with Crippen LogP contribution in [0, 0.1) is 18.3 Å². The zero-order valence-corrected chi connectivity index (χ0v) is 6.22. The molecule has 0 amide bonds. The number of aromatic nitrogens is 1. The second-order valence-corrected chi connectivity index (χ2v) is 2.30. The average Bonchev–Trinajstić information content (AvgIpc) is 1.97. The second kappa shape index (κ2) is 3.02. The lowest BCUT2D eigenvalue weighted by Crippen LogP contribution is -2.12. The van der Waals surface area contributed by atoms with Crippen molar-refractivity contribution in [3.8, 4) is 6.07 Å². The lowest BCUT2D eigenvalue weighted by atomic mass is 10.1. The molecule has 11 heavy (non-hydrogen) atoms. The van der Waals surface area contributed by atoms with Gasteiger partial charge < -0.3 is 4.98 Å². The summed E-state index contributed by atoms with van der Waals surface area (Å²) in [5.74, 6) is 0. The SMILES string of the molecule is Cc1cc[nH]c(=O)c1CC#N. The highest BCUT2D eigenvalue weighted by Crippen LogP contribution is 1.99. The number of aryl methyl sites for hydroxylation is 1. The highest BCUT2D eigenvalue weighted by molar-refractivity contribution is 5.24. The minimum atomic E-state index is -0.161. The molecule has 1 aromatic heterocycles. The fraction of sp³-hybridized carbons (Fsp3) is 0.250. The van der Waals surface area contributed by atoms with E-state index in [0.29, 0.717) is 5.56 Å². The van der Waals surface area contributed by atoms with E-state index in [1.807, 2.05) is 13.0 Å². The smallest absolute Gasteiger partial charge is 0.252 e. The van der Waals surface area contributed by atoms with Gasteiger partial charge in [-0.25, -0.2) is 0 Å². The monoisotopic (exact) mass is 148 g/mol. The average molecular weight is 148 g/mol. The number of hydrogen-bond acceptors (Lipinski definition) is 2. The van der Waals surface area contributed by atoms with Crippen LogP contribution in [0.2, 0.25) is 0 Å². The fourth-order valence-corrected chi connectivity index (χ4v) is 0.908. The van der Waals surface area contributed by atoms with E-state index in [0.717, 1.165) is 5.56 Å². The molecule has 0 aliphatic heterocycles. The summed E-state index contributed by atoms with van der Waals surface area (Å²) in [4.78, 5) is 13.5. The highest BCUT2D eigenvalue weighted by Gasteiger charge is 2.00. The minimum Gasteiger partial charge on any atom is -0.329 e. The molecule has 0 radical (unpaired) electrons. The van der Waals surface area contributed by atoms with Crippen LogP contribution in [0.25, 0.3) is 0 Å². The van der Waals surface area contributed by atoms with Gasteiger partial charge >= 0.3 is 0 Å². The van der Waals surface area contributed by atoms with Crippen molar-refractivity contribution in [3.05, 3.63) is 33.7 Å². The summed E-state index contributed by atoms with van der Waals surface area (Å²) in [5, 5.41) is 8.37. The van der Waals surface area contributed by atoms with Gasteiger partial charge in [0, 0.05) is 11.8 Å². The summed E-state index contributed by atoms with van der Waals surface area (Å²) in [6.07, 6.45) is 1.76. The number of nitriles is 1. The molecular weight excluding hydrogens is 140 g/mol. The van der Waals surface area contributed by atoms with E-state index in [4.69, 9.17) is 5.26 Å². The molecule has 1 aromatic rings. The number of nitrogens with zero attached hydrogens (tertiary/aromatic N) is 1. The predicted octanol–water partition coefficient (Wildman–Crippen LogP) is 0.749. The van der Waals surface area contributed by atoms with E-state index >= 15 is 0 Å². The van der Waals surface area contributed by atoms with E-state index in [-0.39, 0.29) is 12.0 Å². The second-order valence-electron chi connectivity index (χ2n) is 2.30. The van der Waals surface area contributed by atoms with Crippen LogP contribution in [0.4, 0.5) is 0 Å². The van der Waals surface area contributed by atoms with E-state index in [2.05, 4.69) is 4.98 Å². The van der Waals surface area contributed by atoms with Gasteiger partial charge in [-0.15, -0.1) is 0 Å². The lowest BCUT2D eigenvalue weighted by Gasteiger charge is -1.96. The van der Waals surface area contributed by atoms with E-state index in [9.17, 15) is 4.79 Å². The van der Waals surface area contributed by atoms with Crippen molar-refractivity contribution in [1.82, 2.24) is 4.98 Å². The van der Waals surface area contributed by atoms with Crippen LogP contribution in [-0.4, -0.2) is 4.98 Å². The largest absolute Gasteiger partial charge is 0.329 e. The zero-order valence-electron chi connectivity index (χ0n) is 6.22. The van der Waals surface area contributed by atoms with Gasteiger partial charge in [0.15, 0.2) is 0 Å². The molecule has 0 saturated carbocycles. The van der Waals surface area contributed by atoms with Crippen LogP contribution in [0.1, 0.15) is 11.1 Å². The maximum atomic E-state index is 11.0. The first-order valence-corrected chi connectivity index (χ1v) is 3.30. The number of nitrogens with one attached hydrogen (secondary N) is 1. The van der Waals surface area contributed by atoms with Crippen LogP contribution in [-0.2, 0) is 6.42 Å². The topological polar surface area (TPSA) is 56.6 Å². The van der Waals surface area contributed by atoms with E-state index < -0.39 is 0 Å². The van der Waals surface area contributed by atoms with Gasteiger partial charge in [-0.05, 0) is 18.6 Å². The molecule has 1 rings (SSSR count). The van der Waals surface area contributed by atoms with Crippen molar-refractivity contribution in [2.75, 3.05) is 0 Å². The van der Waals surface area contributed by atoms with Crippen molar-refractivity contribution in [3.63, 3.8) is 0 Å². The first-order chi connectivity index (χ1) is 5.25. The summed E-state index contributed by atoms with van der Waals surface area (Å²) in [6, 6.07) is 3.73. The minimum absolute atomic E-state index is 0.161. The molecule has 0 aliphatic rings. The Kier molecular flexibility index (Phi) is 2.07. The molecule has 1 heterocycles. The van der Waals surface area contributed by atoms with Crippen molar-refractivity contribution in [2.45, 2.75) is 13.3 Å². The number of aromatic amines is 1. The number of pyridine rings is 1. The third-order valence-electron chi connectivity index (χ3n) is 1.55. The van der Waals surface area contributed by atoms with Gasteiger partial charge in [0.05, 0.1) is 12.5 Å². The van der Waals surface area contributed by atoms with Crippen LogP contribution >= 0.6 is 0 Å². The Labute approximate surface area is 64.3 Å². The maximum Gasteiger partial charge on any atom is 0.252 e. The predicted molar refractivity (Wildman–Crippen MR) is 41.1 cm³/mol. The Morgan fingerprint density at radius 2 is 2.45 bits per heavy atom. The van der Waals surface area contributed by atoms with Crippen molar-refractivity contribution < 1.29 is 0 Å². The lowest BCUT2D eigenvalue weighted by molar-refractivity contribution is 1.09. The summed E-state index contributed by atoms with van der Waals surface area (Å²) < 4.78 is 0. The quantitative estimate of drug-likeness (QED) is 0.638. The molecule has 0 fully saturated rings. The first kappa shape index (κ1) is 7.55. The molecule has 0 aliphatic carbocycles. The first-order valence-electron chi connectivity index (χ1n) is 3.30. The third-order valence-corrected chi connectivity index (χ3v) is 1.55. The molecule has 0 unspecified atom stereocenters. The van der Waals surface area contributed by atoms with Gasteiger partial charge in [0.25, 0.3) is 5.56 Å². The number of H-pyrrole nitrogens is 1. The van der Waals surface area contributed by atoms with Crippen molar-refractivity contribution in [2.24, 2.45) is 0 Å². The molecule has 0 atom stereocenters. The Bertz CT molecular complexity index is 346. The zero-order chi connectivity index (χ0) is 8.27. The standard InChI is InChI=1S/C8H8N2O/c1-6-3-5-10-8(11)7(6)2-4-9/h3,5H,2H2,1H3,(H,10,11). The highest BCUT2D eigenvalue weighted by atomic mass is 16.1. The molecule has 3 nitrogen and oxygen atoms in total. The summed E-state index contributed by atoms with van der Waals surface area (Å²) in [6.45, 7) is 1.82. The van der Waals surface area contributed by atoms with Crippen molar-refractivity contribution >= 4 is 0 Å². The molecular formula is C8H8N2O. The molecule has 0 aromatic carbocycles. The molecule has 1 N–H and O–H groups in total. The molecule has 0 bridgehead atoms. The van der Waals surface area contributed by atoms with Crippen LogP contribution < -0.4 is 5.56 Å². The Morgan fingerprint density at radius 1 is 1.73 bits per heavy atom. The Balaban J connectivity index is 3.24. The van der Waals surface area contributed by atoms with Gasteiger partial charge in [0.1, 0.15) is 0 Å². The van der Waals surface area contributed by atoms with Crippen LogP contribution in [0.3, 0.4) is 0 Å². The van der Waals surface area contributed by atoms with Gasteiger partial charge in [-0.2, -0.15) is 5.26 Å². The summed E-state index contributed by atoms with van der Waals surface area (Å²) >= 11 is 0. The Hall–Kier alpha value is -1.56. The van der Waals surface area contributed by atoms with Gasteiger partial charge in [-0.1, -0.05) is 0 Å². The van der Waals surface area contributed by atoms with Crippen LogP contribution in [0.15, 0.2) is 17.1 Å². The summed E-state index contributed by atoms with van der Waals surface area (Å²) in [7, 11) is 0. The van der Waals surface area contributed by atoms with Crippen LogP contribution in [0.5, 0.6) is 0 Å². The number of hydrogen-bond donors (Lipinski definition) is 1. The molecule has 0 saturated heterocycles. The van der Waals surface area contributed by atoms with Crippen molar-refractivity contribution in [1.29, 1.82) is 5.26 Å². The van der Waals surface area contributed by atoms with Gasteiger partial charge in [0.2, 0.25) is 0 Å². The number of rotatable bonds is 1. The normalized spacial score (nSPS) is 9.09. The Morgan fingerprint density at radius 3 is 3.00 bits per heavy atom. The summed E-state index contributed by atoms with van der Waals surface area (Å²) in [5.41, 5.74) is 1.27. The molecule has 0 spiro atoms. The van der Waals surface area contributed by atoms with E-state index in [1.165, 1.54) is 0 Å². The molecule has 3 heteroatoms. The third kappa shape index (κ3) is 1.47. The van der Waals surface area contributed by atoms with Gasteiger partial charge in [-0.3, -0.25) is 4.79 Å². The fourth-order valence-electron chi connectivity index (χ4n) is 0.908. The molecule has 56 valence electrons. The maximum absolute atomic E-state index is 11.0.